The Morgan fingerprint density at radius 1 is 1.31 bits per heavy atom. The minimum absolute atomic E-state index is 0. The molecule has 5 nitrogen and oxygen atoms in total. The van der Waals surface area contributed by atoms with Crippen molar-refractivity contribution < 1.29 is 9.53 Å². The number of amides is 1. The van der Waals surface area contributed by atoms with Gasteiger partial charge in [-0.25, -0.2) is 0 Å². The first kappa shape index (κ1) is 23.2. The average molecular weight is 404 g/mol. The van der Waals surface area contributed by atoms with Crippen LogP contribution in [0.5, 0.6) is 0 Å². The number of halogens is 2. The summed E-state index contributed by atoms with van der Waals surface area (Å²) in [6, 6.07) is 8.80. The fourth-order valence-electron chi connectivity index (χ4n) is 3.49. The lowest BCUT2D eigenvalue weighted by atomic mass is 9.94. The second kappa shape index (κ2) is 10.5. The molecule has 26 heavy (non-hydrogen) atoms. The molecule has 1 unspecified atom stereocenters. The molecule has 2 aliphatic heterocycles. The van der Waals surface area contributed by atoms with Crippen LogP contribution in [0.15, 0.2) is 24.3 Å². The van der Waals surface area contributed by atoms with Crippen molar-refractivity contribution in [2.24, 2.45) is 0 Å². The Morgan fingerprint density at radius 2 is 2.04 bits per heavy atom. The normalized spacial score (nSPS) is 20.3. The molecule has 3 rings (SSSR count). The van der Waals surface area contributed by atoms with Crippen LogP contribution in [0.25, 0.3) is 0 Å². The zero-order valence-electron chi connectivity index (χ0n) is 15.6. The van der Waals surface area contributed by atoms with E-state index in [4.69, 9.17) is 4.74 Å². The Labute approximate surface area is 169 Å². The highest BCUT2D eigenvalue weighted by molar-refractivity contribution is 5.85. The predicted molar refractivity (Wildman–Crippen MR) is 109 cm³/mol. The zero-order chi connectivity index (χ0) is 17.0. The molecule has 1 aromatic carbocycles. The number of fused-ring (bicyclic) bond motifs is 1. The number of carbonyl (C=O) groups excluding carboxylic acids is 1. The van der Waals surface area contributed by atoms with Gasteiger partial charge >= 0.3 is 0 Å². The van der Waals surface area contributed by atoms with Crippen molar-refractivity contribution in [2.45, 2.75) is 44.8 Å². The number of morpholine rings is 1. The van der Waals surface area contributed by atoms with Gasteiger partial charge in [-0.3, -0.25) is 9.69 Å². The van der Waals surface area contributed by atoms with Crippen LogP contribution in [0.4, 0.5) is 0 Å². The van der Waals surface area contributed by atoms with Gasteiger partial charge < -0.3 is 15.4 Å². The monoisotopic (exact) mass is 403 g/mol. The molecule has 0 saturated carbocycles. The Morgan fingerprint density at radius 3 is 2.73 bits per heavy atom. The molecule has 1 atom stereocenters. The summed E-state index contributed by atoms with van der Waals surface area (Å²) in [5, 5.41) is 6.44. The number of nitrogens with zero attached hydrogens (tertiary/aromatic N) is 1. The van der Waals surface area contributed by atoms with Gasteiger partial charge in [-0.15, -0.1) is 24.8 Å². The number of ether oxygens (including phenoxy) is 1. The SMILES string of the molecule is CC(C)(CNC(=O)CC1COCCN1)N1CCc2ccccc2C1.Cl.Cl. The number of nitrogens with one attached hydrogen (secondary N) is 2. The minimum Gasteiger partial charge on any atom is -0.378 e. The highest BCUT2D eigenvalue weighted by Gasteiger charge is 2.30. The quantitative estimate of drug-likeness (QED) is 0.790. The van der Waals surface area contributed by atoms with Gasteiger partial charge in [-0.1, -0.05) is 24.3 Å². The third-order valence-electron chi connectivity index (χ3n) is 5.14. The molecule has 148 valence electrons. The van der Waals surface area contributed by atoms with E-state index in [0.717, 1.165) is 32.7 Å². The third-order valence-corrected chi connectivity index (χ3v) is 5.14. The maximum atomic E-state index is 12.2. The Kier molecular flexibility index (Phi) is 9.34. The molecule has 2 heterocycles. The lowest BCUT2D eigenvalue weighted by molar-refractivity contribution is -0.122. The number of hydrogen-bond donors (Lipinski definition) is 2. The van der Waals surface area contributed by atoms with E-state index in [1.165, 1.54) is 11.1 Å². The average Bonchev–Trinajstić information content (AvgIpc) is 2.60. The molecule has 1 aromatic rings. The van der Waals surface area contributed by atoms with Crippen LogP contribution in [-0.4, -0.2) is 55.2 Å². The summed E-state index contributed by atoms with van der Waals surface area (Å²) in [6.45, 7) is 9.28. The van der Waals surface area contributed by atoms with Crippen LogP contribution in [0.1, 0.15) is 31.4 Å². The van der Waals surface area contributed by atoms with E-state index in [-0.39, 0.29) is 42.3 Å². The molecule has 1 saturated heterocycles. The minimum atomic E-state index is -0.0559. The van der Waals surface area contributed by atoms with E-state index in [0.29, 0.717) is 19.6 Å². The zero-order valence-corrected chi connectivity index (χ0v) is 17.3. The smallest absolute Gasteiger partial charge is 0.221 e. The topological polar surface area (TPSA) is 53.6 Å². The van der Waals surface area contributed by atoms with E-state index in [9.17, 15) is 4.79 Å². The molecule has 2 N–H and O–H groups in total. The maximum Gasteiger partial charge on any atom is 0.221 e. The molecule has 1 fully saturated rings. The highest BCUT2D eigenvalue weighted by atomic mass is 35.5. The van der Waals surface area contributed by atoms with Crippen molar-refractivity contribution in [2.75, 3.05) is 32.8 Å². The van der Waals surface area contributed by atoms with Gasteiger partial charge in [0.1, 0.15) is 0 Å². The standard InChI is InChI=1S/C19H29N3O2.2ClH/c1-19(2,14-21-18(23)11-17-13-24-10-8-20-17)22-9-7-15-5-3-4-6-16(15)12-22;;/h3-6,17,20H,7-14H2,1-2H3,(H,21,23);2*1H. The van der Waals surface area contributed by atoms with Crippen molar-refractivity contribution >= 4 is 30.7 Å². The fourth-order valence-corrected chi connectivity index (χ4v) is 3.49. The molecule has 0 spiro atoms. The largest absolute Gasteiger partial charge is 0.378 e. The van der Waals surface area contributed by atoms with Crippen LogP contribution >= 0.6 is 24.8 Å². The number of carbonyl (C=O) groups is 1. The van der Waals surface area contributed by atoms with Crippen LogP contribution in [0, 0.1) is 0 Å². The lowest BCUT2D eigenvalue weighted by Gasteiger charge is -2.41. The van der Waals surface area contributed by atoms with Crippen molar-refractivity contribution in [3.8, 4) is 0 Å². The van der Waals surface area contributed by atoms with Crippen LogP contribution in [0.2, 0.25) is 0 Å². The molecule has 7 heteroatoms. The molecule has 2 aliphatic rings. The van der Waals surface area contributed by atoms with Crippen molar-refractivity contribution in [3.63, 3.8) is 0 Å². The summed E-state index contributed by atoms with van der Waals surface area (Å²) < 4.78 is 5.41. The maximum absolute atomic E-state index is 12.2. The van der Waals surface area contributed by atoms with Gasteiger partial charge in [-0.05, 0) is 31.4 Å². The second-order valence-electron chi connectivity index (χ2n) is 7.46. The van der Waals surface area contributed by atoms with E-state index >= 15 is 0 Å². The molecule has 0 radical (unpaired) electrons. The van der Waals surface area contributed by atoms with Crippen molar-refractivity contribution in [1.82, 2.24) is 15.5 Å². The molecular formula is C19H31Cl2N3O2. The van der Waals surface area contributed by atoms with Crippen LogP contribution < -0.4 is 10.6 Å². The molecule has 1 amide bonds. The summed E-state index contributed by atoms with van der Waals surface area (Å²) in [4.78, 5) is 14.7. The highest BCUT2D eigenvalue weighted by Crippen LogP contribution is 2.24. The van der Waals surface area contributed by atoms with Crippen LogP contribution in [-0.2, 0) is 22.5 Å². The van der Waals surface area contributed by atoms with E-state index in [1.54, 1.807) is 0 Å². The fraction of sp³-hybridized carbons (Fsp3) is 0.632. The lowest BCUT2D eigenvalue weighted by Crippen LogP contribution is -2.53. The molecule has 0 bridgehead atoms. The second-order valence-corrected chi connectivity index (χ2v) is 7.46. The van der Waals surface area contributed by atoms with Gasteiger partial charge in [0.15, 0.2) is 0 Å². The Balaban J connectivity index is 0.00000169. The summed E-state index contributed by atoms with van der Waals surface area (Å²) >= 11 is 0. The van der Waals surface area contributed by atoms with Gasteiger partial charge in [0.25, 0.3) is 0 Å². The number of hydrogen-bond acceptors (Lipinski definition) is 4. The first-order chi connectivity index (χ1) is 11.5. The van der Waals surface area contributed by atoms with E-state index in [2.05, 4.69) is 53.6 Å². The summed E-state index contributed by atoms with van der Waals surface area (Å²) in [7, 11) is 0. The molecular weight excluding hydrogens is 373 g/mol. The van der Waals surface area contributed by atoms with E-state index < -0.39 is 0 Å². The van der Waals surface area contributed by atoms with Gasteiger partial charge in [0.2, 0.25) is 5.91 Å². The van der Waals surface area contributed by atoms with Gasteiger partial charge in [-0.2, -0.15) is 0 Å². The van der Waals surface area contributed by atoms with Crippen molar-refractivity contribution in [1.29, 1.82) is 0 Å². The number of rotatable bonds is 5. The predicted octanol–water partition coefficient (Wildman–Crippen LogP) is 2.16. The van der Waals surface area contributed by atoms with Gasteiger partial charge in [0, 0.05) is 44.2 Å². The summed E-state index contributed by atoms with van der Waals surface area (Å²) in [6.07, 6.45) is 1.57. The Hall–Kier alpha value is -0.850. The van der Waals surface area contributed by atoms with Gasteiger partial charge in [0.05, 0.1) is 13.2 Å². The van der Waals surface area contributed by atoms with Crippen LogP contribution in [0.3, 0.4) is 0 Å². The molecule has 0 aromatic heterocycles. The van der Waals surface area contributed by atoms with E-state index in [1.807, 2.05) is 0 Å². The van der Waals surface area contributed by atoms with Crippen molar-refractivity contribution in [3.05, 3.63) is 35.4 Å². The third kappa shape index (κ3) is 6.10. The summed E-state index contributed by atoms with van der Waals surface area (Å²) in [5.74, 6) is 0.100. The summed E-state index contributed by atoms with van der Waals surface area (Å²) in [5.41, 5.74) is 2.81. The Bertz CT molecular complexity index is 578. The first-order valence-corrected chi connectivity index (χ1v) is 8.94. The first-order valence-electron chi connectivity index (χ1n) is 8.94. The number of benzene rings is 1. The molecule has 0 aliphatic carbocycles.